The number of nitrogens with zero attached hydrogens (tertiary/aromatic N) is 2. The molecule has 0 aliphatic heterocycles. The Balaban J connectivity index is 1.89. The molecule has 144 valence electrons. The van der Waals surface area contributed by atoms with Gasteiger partial charge in [-0.25, -0.2) is 9.78 Å². The van der Waals surface area contributed by atoms with Crippen LogP contribution in [0.3, 0.4) is 0 Å². The van der Waals surface area contributed by atoms with E-state index in [1.807, 2.05) is 54.6 Å². The zero-order chi connectivity index (χ0) is 19.9. The third kappa shape index (κ3) is 4.79. The van der Waals surface area contributed by atoms with Gasteiger partial charge < -0.3 is 19.5 Å². The number of pyridine rings is 1. The van der Waals surface area contributed by atoms with Crippen LogP contribution in [0.1, 0.15) is 21.6 Å². The Hall–Kier alpha value is -3.54. The lowest BCUT2D eigenvalue weighted by molar-refractivity contribution is 0.0690. The van der Waals surface area contributed by atoms with Crippen molar-refractivity contribution in [2.45, 2.75) is 13.1 Å². The van der Waals surface area contributed by atoms with Gasteiger partial charge in [-0.15, -0.1) is 0 Å². The highest BCUT2D eigenvalue weighted by Gasteiger charge is 2.13. The Morgan fingerprint density at radius 2 is 1.39 bits per heavy atom. The number of anilines is 1. The number of aromatic nitrogens is 1. The maximum Gasteiger partial charge on any atom is 0.354 e. The summed E-state index contributed by atoms with van der Waals surface area (Å²) in [5, 5.41) is 9.28. The lowest BCUT2D eigenvalue weighted by Gasteiger charge is -2.25. The molecule has 3 aromatic rings. The summed E-state index contributed by atoms with van der Waals surface area (Å²) in [6.07, 6.45) is 1.52. The fraction of sp³-hybridized carbons (Fsp3) is 0.182. The second-order valence-corrected chi connectivity index (χ2v) is 6.26. The molecule has 0 atom stereocenters. The third-order valence-electron chi connectivity index (χ3n) is 4.39. The van der Waals surface area contributed by atoms with Crippen LogP contribution in [0.5, 0.6) is 11.5 Å². The summed E-state index contributed by atoms with van der Waals surface area (Å²) in [5.74, 6) is 0.542. The van der Waals surface area contributed by atoms with E-state index in [4.69, 9.17) is 9.47 Å². The van der Waals surface area contributed by atoms with E-state index in [9.17, 15) is 9.90 Å². The van der Waals surface area contributed by atoms with Crippen molar-refractivity contribution in [1.29, 1.82) is 0 Å². The van der Waals surface area contributed by atoms with Gasteiger partial charge in [0.25, 0.3) is 0 Å². The van der Waals surface area contributed by atoms with Crippen molar-refractivity contribution < 1.29 is 19.4 Å². The van der Waals surface area contributed by atoms with Gasteiger partial charge in [-0.1, -0.05) is 24.3 Å². The predicted octanol–water partition coefficient (Wildman–Crippen LogP) is 4.00. The fourth-order valence-corrected chi connectivity index (χ4v) is 2.87. The SMILES string of the molecule is COc1ccc(CN(Cc2ccc(OC)cc2)c2ccnc(C(=O)O)c2)cc1. The quantitative estimate of drug-likeness (QED) is 0.639. The zero-order valence-corrected chi connectivity index (χ0v) is 15.8. The van der Waals surface area contributed by atoms with Gasteiger partial charge in [-0.05, 0) is 47.5 Å². The normalized spacial score (nSPS) is 10.4. The van der Waals surface area contributed by atoms with Crippen molar-refractivity contribution in [3.8, 4) is 11.5 Å². The van der Waals surface area contributed by atoms with Crippen molar-refractivity contribution in [3.05, 3.63) is 83.7 Å². The van der Waals surface area contributed by atoms with E-state index < -0.39 is 5.97 Å². The van der Waals surface area contributed by atoms with Crippen LogP contribution >= 0.6 is 0 Å². The first-order chi connectivity index (χ1) is 13.6. The smallest absolute Gasteiger partial charge is 0.354 e. The Morgan fingerprint density at radius 1 is 0.893 bits per heavy atom. The van der Waals surface area contributed by atoms with Gasteiger partial charge in [0, 0.05) is 25.0 Å². The molecular formula is C22H22N2O4. The highest BCUT2D eigenvalue weighted by molar-refractivity contribution is 5.86. The Labute approximate surface area is 164 Å². The molecule has 0 saturated heterocycles. The summed E-state index contributed by atoms with van der Waals surface area (Å²) >= 11 is 0. The lowest BCUT2D eigenvalue weighted by Crippen LogP contribution is -2.22. The van der Waals surface area contributed by atoms with Crippen LogP contribution in [0, 0.1) is 0 Å². The maximum absolute atomic E-state index is 11.3. The van der Waals surface area contributed by atoms with Gasteiger partial charge >= 0.3 is 5.97 Å². The Morgan fingerprint density at radius 3 is 1.82 bits per heavy atom. The number of hydrogen-bond donors (Lipinski definition) is 1. The molecule has 0 aliphatic carbocycles. The number of benzene rings is 2. The highest BCUT2D eigenvalue weighted by Crippen LogP contribution is 2.23. The molecule has 0 bridgehead atoms. The number of carboxylic acids is 1. The van der Waals surface area contributed by atoms with E-state index in [0.29, 0.717) is 13.1 Å². The van der Waals surface area contributed by atoms with Gasteiger partial charge in [-0.2, -0.15) is 0 Å². The summed E-state index contributed by atoms with van der Waals surface area (Å²) in [7, 11) is 3.27. The standard InChI is InChI=1S/C22H22N2O4/c1-27-19-7-3-16(4-8-19)14-24(15-17-5-9-20(28-2)10-6-17)18-11-12-23-21(13-18)22(25)26/h3-13H,14-15H2,1-2H3,(H,25,26). The number of ether oxygens (including phenoxy) is 2. The predicted molar refractivity (Wildman–Crippen MR) is 107 cm³/mol. The van der Waals surface area contributed by atoms with Crippen molar-refractivity contribution >= 4 is 11.7 Å². The first-order valence-electron chi connectivity index (χ1n) is 8.79. The Kier molecular flexibility index (Phi) is 6.11. The van der Waals surface area contributed by atoms with E-state index in [-0.39, 0.29) is 5.69 Å². The molecule has 0 amide bonds. The van der Waals surface area contributed by atoms with Crippen molar-refractivity contribution in [3.63, 3.8) is 0 Å². The zero-order valence-electron chi connectivity index (χ0n) is 15.8. The van der Waals surface area contributed by atoms with E-state index >= 15 is 0 Å². The van der Waals surface area contributed by atoms with Crippen LogP contribution < -0.4 is 14.4 Å². The molecule has 1 aromatic heterocycles. The van der Waals surface area contributed by atoms with Crippen LogP contribution in [0.15, 0.2) is 66.9 Å². The molecule has 2 aromatic carbocycles. The summed E-state index contributed by atoms with van der Waals surface area (Å²) < 4.78 is 10.4. The molecule has 0 radical (unpaired) electrons. The lowest BCUT2D eigenvalue weighted by atomic mass is 10.1. The number of aromatic carboxylic acids is 1. The number of hydrogen-bond acceptors (Lipinski definition) is 5. The average Bonchev–Trinajstić information content (AvgIpc) is 2.74. The number of rotatable bonds is 8. The van der Waals surface area contributed by atoms with E-state index in [1.54, 1.807) is 20.3 Å². The van der Waals surface area contributed by atoms with Crippen molar-refractivity contribution in [2.75, 3.05) is 19.1 Å². The minimum atomic E-state index is -1.05. The van der Waals surface area contributed by atoms with E-state index in [2.05, 4.69) is 9.88 Å². The molecule has 1 heterocycles. The Bertz CT molecular complexity index is 875. The molecule has 0 fully saturated rings. The topological polar surface area (TPSA) is 71.9 Å². The summed E-state index contributed by atoms with van der Waals surface area (Å²) in [6, 6.07) is 19.1. The van der Waals surface area contributed by atoms with Crippen LogP contribution in [0.25, 0.3) is 0 Å². The monoisotopic (exact) mass is 378 g/mol. The van der Waals surface area contributed by atoms with Gasteiger partial charge in [0.1, 0.15) is 17.2 Å². The second-order valence-electron chi connectivity index (χ2n) is 6.26. The fourth-order valence-electron chi connectivity index (χ4n) is 2.87. The molecule has 0 unspecified atom stereocenters. The van der Waals surface area contributed by atoms with Gasteiger partial charge in [0.2, 0.25) is 0 Å². The number of methoxy groups -OCH3 is 2. The van der Waals surface area contributed by atoms with Crippen molar-refractivity contribution in [1.82, 2.24) is 4.98 Å². The molecule has 28 heavy (non-hydrogen) atoms. The minimum absolute atomic E-state index is 0.0203. The minimum Gasteiger partial charge on any atom is -0.497 e. The molecule has 0 saturated carbocycles. The maximum atomic E-state index is 11.3. The molecular weight excluding hydrogens is 356 g/mol. The van der Waals surface area contributed by atoms with E-state index in [0.717, 1.165) is 28.3 Å². The molecule has 0 spiro atoms. The summed E-state index contributed by atoms with van der Waals surface area (Å²) in [6.45, 7) is 1.22. The summed E-state index contributed by atoms with van der Waals surface area (Å²) in [4.78, 5) is 17.4. The first-order valence-corrected chi connectivity index (χ1v) is 8.79. The summed E-state index contributed by atoms with van der Waals surface area (Å²) in [5.41, 5.74) is 2.98. The van der Waals surface area contributed by atoms with Crippen LogP contribution in [-0.4, -0.2) is 30.3 Å². The number of carbonyl (C=O) groups is 1. The molecule has 6 nitrogen and oxygen atoms in total. The van der Waals surface area contributed by atoms with Gasteiger partial charge in [0.15, 0.2) is 0 Å². The second kappa shape index (κ2) is 8.90. The third-order valence-corrected chi connectivity index (χ3v) is 4.39. The molecule has 3 rings (SSSR count). The van der Waals surface area contributed by atoms with Crippen LogP contribution in [0.2, 0.25) is 0 Å². The first kappa shape index (κ1) is 19.2. The molecule has 0 aliphatic rings. The molecule has 1 N–H and O–H groups in total. The van der Waals surface area contributed by atoms with E-state index in [1.165, 1.54) is 6.20 Å². The van der Waals surface area contributed by atoms with Crippen LogP contribution in [-0.2, 0) is 13.1 Å². The largest absolute Gasteiger partial charge is 0.497 e. The number of carboxylic acid groups (broad SMARTS) is 1. The van der Waals surface area contributed by atoms with Crippen molar-refractivity contribution in [2.24, 2.45) is 0 Å². The van der Waals surface area contributed by atoms with Gasteiger partial charge in [0.05, 0.1) is 14.2 Å². The average molecular weight is 378 g/mol. The molecule has 6 heteroatoms. The highest BCUT2D eigenvalue weighted by atomic mass is 16.5. The van der Waals surface area contributed by atoms with Crippen LogP contribution in [0.4, 0.5) is 5.69 Å². The van der Waals surface area contributed by atoms with Gasteiger partial charge in [-0.3, -0.25) is 0 Å².